The predicted octanol–water partition coefficient (Wildman–Crippen LogP) is 3.20. The van der Waals surface area contributed by atoms with Gasteiger partial charge < -0.3 is 9.47 Å². The van der Waals surface area contributed by atoms with E-state index in [-0.39, 0.29) is 24.8 Å². The van der Waals surface area contributed by atoms with E-state index in [1.165, 1.54) is 0 Å². The third kappa shape index (κ3) is 6.29. The quantitative estimate of drug-likeness (QED) is 0.776. The van der Waals surface area contributed by atoms with E-state index < -0.39 is 0 Å². The lowest BCUT2D eigenvalue weighted by Gasteiger charge is -2.18. The van der Waals surface area contributed by atoms with Gasteiger partial charge in [0.1, 0.15) is 13.2 Å². The number of carbonyl (C=O) groups is 1. The molecule has 0 radical (unpaired) electrons. The smallest absolute Gasteiger partial charge is 0.332 e. The highest BCUT2D eigenvalue weighted by Gasteiger charge is 2.13. The molecule has 0 saturated carbocycles. The van der Waals surface area contributed by atoms with E-state index >= 15 is 0 Å². The van der Waals surface area contributed by atoms with Crippen molar-refractivity contribution in [2.75, 3.05) is 6.61 Å². The van der Waals surface area contributed by atoms with E-state index in [0.29, 0.717) is 5.02 Å². The van der Waals surface area contributed by atoms with Crippen molar-refractivity contribution in [2.45, 2.75) is 33.0 Å². The molecule has 0 aliphatic heterocycles. The summed E-state index contributed by atoms with van der Waals surface area (Å²) < 4.78 is 10.4. The maximum Gasteiger partial charge on any atom is 0.332 e. The molecule has 0 saturated heterocycles. The van der Waals surface area contributed by atoms with Crippen LogP contribution in [0.25, 0.3) is 0 Å². The third-order valence-electron chi connectivity index (χ3n) is 1.94. The highest BCUT2D eigenvalue weighted by atomic mass is 35.5. The fraction of sp³-hybridized carbons (Fsp3) is 0.462. The Bertz CT molecular complexity index is 365. The zero-order chi connectivity index (χ0) is 12.9. The van der Waals surface area contributed by atoms with Crippen LogP contribution < -0.4 is 0 Å². The average molecular weight is 257 g/mol. The summed E-state index contributed by atoms with van der Waals surface area (Å²) in [7, 11) is 0. The van der Waals surface area contributed by atoms with Crippen molar-refractivity contribution < 1.29 is 14.3 Å². The molecule has 0 aliphatic carbocycles. The Hall–Kier alpha value is -1.06. The van der Waals surface area contributed by atoms with E-state index in [2.05, 4.69) is 0 Å². The van der Waals surface area contributed by atoms with Crippen molar-refractivity contribution in [3.05, 3.63) is 34.9 Å². The maximum atomic E-state index is 11.4. The average Bonchev–Trinajstić information content (AvgIpc) is 2.25. The molecule has 0 N–H and O–H groups in total. The fourth-order valence-electron chi connectivity index (χ4n) is 1.06. The molecule has 94 valence electrons. The van der Waals surface area contributed by atoms with Crippen LogP contribution in [0.15, 0.2) is 24.3 Å². The van der Waals surface area contributed by atoms with Gasteiger partial charge in [-0.2, -0.15) is 0 Å². The van der Waals surface area contributed by atoms with Crippen molar-refractivity contribution in [3.8, 4) is 0 Å². The molecule has 17 heavy (non-hydrogen) atoms. The number of ether oxygens (including phenoxy) is 2. The van der Waals surface area contributed by atoms with Crippen LogP contribution in [0.2, 0.25) is 5.02 Å². The molecule has 3 nitrogen and oxygen atoms in total. The molecule has 0 atom stereocenters. The molecule has 0 aliphatic rings. The lowest BCUT2D eigenvalue weighted by Crippen LogP contribution is -2.24. The Morgan fingerprint density at radius 3 is 2.35 bits per heavy atom. The van der Waals surface area contributed by atoms with E-state index in [4.69, 9.17) is 21.1 Å². The van der Waals surface area contributed by atoms with Crippen molar-refractivity contribution in [3.63, 3.8) is 0 Å². The van der Waals surface area contributed by atoms with E-state index in [9.17, 15) is 4.79 Å². The molecule has 0 heterocycles. The summed E-state index contributed by atoms with van der Waals surface area (Å²) in [6, 6.07) is 7.16. The molecule has 1 rings (SSSR count). The van der Waals surface area contributed by atoms with Gasteiger partial charge >= 0.3 is 5.97 Å². The molecule has 0 bridgehead atoms. The molecule has 0 aromatic heterocycles. The summed E-state index contributed by atoms with van der Waals surface area (Å²) >= 11 is 5.75. The zero-order valence-corrected chi connectivity index (χ0v) is 11.1. The highest BCUT2D eigenvalue weighted by molar-refractivity contribution is 6.30. The Labute approximate surface area is 107 Å². The van der Waals surface area contributed by atoms with Crippen LogP contribution >= 0.6 is 11.6 Å². The molecule has 1 aromatic carbocycles. The van der Waals surface area contributed by atoms with E-state index in [1.54, 1.807) is 12.1 Å². The van der Waals surface area contributed by atoms with Crippen molar-refractivity contribution in [1.82, 2.24) is 0 Å². The minimum atomic E-state index is -0.366. The van der Waals surface area contributed by atoms with Gasteiger partial charge in [0.05, 0.1) is 5.60 Å². The SMILES string of the molecule is CC(C)(C)OCC(=O)OCc1ccc(Cl)cc1. The molecular weight excluding hydrogens is 240 g/mol. The largest absolute Gasteiger partial charge is 0.459 e. The van der Waals surface area contributed by atoms with Crippen LogP contribution in [-0.2, 0) is 20.9 Å². The number of rotatable bonds is 4. The molecule has 0 spiro atoms. The van der Waals surface area contributed by atoms with Crippen molar-refractivity contribution in [1.29, 1.82) is 0 Å². The van der Waals surface area contributed by atoms with Gasteiger partial charge in [0.25, 0.3) is 0 Å². The maximum absolute atomic E-state index is 11.4. The van der Waals surface area contributed by atoms with Gasteiger partial charge in [-0.25, -0.2) is 4.79 Å². The fourth-order valence-corrected chi connectivity index (χ4v) is 1.19. The molecule has 0 amide bonds. The molecule has 1 aromatic rings. The summed E-state index contributed by atoms with van der Waals surface area (Å²) in [6.07, 6.45) is 0. The van der Waals surface area contributed by atoms with Gasteiger partial charge in [-0.1, -0.05) is 23.7 Å². The number of hydrogen-bond acceptors (Lipinski definition) is 3. The zero-order valence-electron chi connectivity index (χ0n) is 10.3. The topological polar surface area (TPSA) is 35.5 Å². The predicted molar refractivity (Wildman–Crippen MR) is 67.0 cm³/mol. The van der Waals surface area contributed by atoms with E-state index in [0.717, 1.165) is 5.56 Å². The number of esters is 1. The molecule has 0 unspecified atom stereocenters. The third-order valence-corrected chi connectivity index (χ3v) is 2.19. The standard InChI is InChI=1S/C13H17ClO3/c1-13(2,3)17-9-12(15)16-8-10-4-6-11(14)7-5-10/h4-7H,8-9H2,1-3H3. The Morgan fingerprint density at radius 2 is 1.82 bits per heavy atom. The Balaban J connectivity index is 2.31. The number of carbonyl (C=O) groups excluding carboxylic acids is 1. The van der Waals surface area contributed by atoms with Crippen LogP contribution in [0.3, 0.4) is 0 Å². The molecule has 4 heteroatoms. The van der Waals surface area contributed by atoms with Gasteiger partial charge in [0.15, 0.2) is 0 Å². The highest BCUT2D eigenvalue weighted by Crippen LogP contribution is 2.11. The van der Waals surface area contributed by atoms with Crippen LogP contribution in [0.4, 0.5) is 0 Å². The second kappa shape index (κ2) is 6.03. The van der Waals surface area contributed by atoms with Crippen LogP contribution in [0.5, 0.6) is 0 Å². The van der Waals surface area contributed by atoms with Gasteiger partial charge in [-0.15, -0.1) is 0 Å². The minimum Gasteiger partial charge on any atom is -0.459 e. The summed E-state index contributed by atoms with van der Waals surface area (Å²) in [5.74, 6) is -0.366. The van der Waals surface area contributed by atoms with Gasteiger partial charge in [-0.05, 0) is 38.5 Å². The Kier molecular flexibility index (Phi) is 4.97. The van der Waals surface area contributed by atoms with Crippen molar-refractivity contribution >= 4 is 17.6 Å². The first-order valence-corrected chi connectivity index (χ1v) is 5.79. The molecular formula is C13H17ClO3. The number of benzene rings is 1. The summed E-state index contributed by atoms with van der Waals surface area (Å²) in [5, 5.41) is 0.663. The number of halogens is 1. The number of hydrogen-bond donors (Lipinski definition) is 0. The van der Waals surface area contributed by atoms with Gasteiger partial charge in [-0.3, -0.25) is 0 Å². The van der Waals surface area contributed by atoms with Crippen LogP contribution in [0, 0.1) is 0 Å². The van der Waals surface area contributed by atoms with Crippen LogP contribution in [0.1, 0.15) is 26.3 Å². The van der Waals surface area contributed by atoms with Crippen LogP contribution in [-0.4, -0.2) is 18.2 Å². The second-order valence-electron chi connectivity index (χ2n) is 4.69. The van der Waals surface area contributed by atoms with E-state index in [1.807, 2.05) is 32.9 Å². The first-order valence-electron chi connectivity index (χ1n) is 5.41. The second-order valence-corrected chi connectivity index (χ2v) is 5.12. The minimum absolute atomic E-state index is 0.0307. The Morgan fingerprint density at radius 1 is 1.24 bits per heavy atom. The summed E-state index contributed by atoms with van der Waals surface area (Å²) in [5.41, 5.74) is 0.567. The summed E-state index contributed by atoms with van der Waals surface area (Å²) in [6.45, 7) is 5.87. The first-order chi connectivity index (χ1) is 7.87. The first kappa shape index (κ1) is 14.0. The van der Waals surface area contributed by atoms with Gasteiger partial charge in [0.2, 0.25) is 0 Å². The monoisotopic (exact) mass is 256 g/mol. The lowest BCUT2D eigenvalue weighted by atomic mass is 10.2. The lowest BCUT2D eigenvalue weighted by molar-refractivity contribution is -0.155. The van der Waals surface area contributed by atoms with Crippen molar-refractivity contribution in [2.24, 2.45) is 0 Å². The molecule has 0 fully saturated rings. The normalized spacial score (nSPS) is 11.3. The summed E-state index contributed by atoms with van der Waals surface area (Å²) in [4.78, 5) is 11.4. The van der Waals surface area contributed by atoms with Gasteiger partial charge in [0, 0.05) is 5.02 Å².